The van der Waals surface area contributed by atoms with Gasteiger partial charge in [0.05, 0.1) is 5.69 Å². The van der Waals surface area contributed by atoms with Gasteiger partial charge in [0.15, 0.2) is 5.69 Å². The molecule has 0 amide bonds. The van der Waals surface area contributed by atoms with Gasteiger partial charge in [-0.1, -0.05) is 12.1 Å². The highest BCUT2D eigenvalue weighted by Crippen LogP contribution is 2.06. The Morgan fingerprint density at radius 1 is 1.60 bits per heavy atom. The van der Waals surface area contributed by atoms with Crippen molar-refractivity contribution in [1.29, 1.82) is 0 Å². The van der Waals surface area contributed by atoms with E-state index < -0.39 is 5.97 Å². The number of aromatic carboxylic acids is 1. The lowest BCUT2D eigenvalue weighted by atomic mass is 10.3. The van der Waals surface area contributed by atoms with Crippen LogP contribution in [0.4, 0.5) is 0 Å². The summed E-state index contributed by atoms with van der Waals surface area (Å²) in [5.41, 5.74) is 0.683. The summed E-state index contributed by atoms with van der Waals surface area (Å²) in [5.74, 6) is 1.16. The highest BCUT2D eigenvalue weighted by Gasteiger charge is 2.14. The first-order chi connectivity index (χ1) is 7.16. The molecule has 15 heavy (non-hydrogen) atoms. The minimum Gasteiger partial charge on any atom is -0.476 e. The fraction of sp³-hybridized carbons (Fsp3) is 0.667. The molecule has 0 unspecified atom stereocenters. The van der Waals surface area contributed by atoms with E-state index in [1.54, 1.807) is 11.6 Å². The minimum absolute atomic E-state index is 0.0538. The fourth-order valence-corrected chi connectivity index (χ4v) is 1.85. The van der Waals surface area contributed by atoms with Crippen LogP contribution in [0.5, 0.6) is 0 Å². The number of hydrogen-bond donors (Lipinski definition) is 1. The van der Waals surface area contributed by atoms with Gasteiger partial charge in [-0.15, -0.1) is 5.10 Å². The summed E-state index contributed by atoms with van der Waals surface area (Å²) in [6.07, 6.45) is 0.988. The molecule has 0 saturated carbocycles. The average molecular weight is 229 g/mol. The van der Waals surface area contributed by atoms with Gasteiger partial charge in [0, 0.05) is 6.54 Å². The molecule has 0 fully saturated rings. The molecule has 5 nitrogen and oxygen atoms in total. The maximum absolute atomic E-state index is 10.7. The van der Waals surface area contributed by atoms with E-state index in [0.717, 1.165) is 24.5 Å². The number of rotatable bonds is 6. The zero-order chi connectivity index (χ0) is 11.3. The fourth-order valence-electron chi connectivity index (χ4n) is 1.23. The first-order valence-corrected chi connectivity index (χ1v) is 6.03. The first-order valence-electron chi connectivity index (χ1n) is 4.88. The lowest BCUT2D eigenvalue weighted by Crippen LogP contribution is -2.05. The van der Waals surface area contributed by atoms with E-state index in [-0.39, 0.29) is 5.69 Å². The van der Waals surface area contributed by atoms with Crippen LogP contribution in [0.2, 0.25) is 0 Å². The van der Waals surface area contributed by atoms with Gasteiger partial charge < -0.3 is 5.11 Å². The molecule has 0 aliphatic rings. The van der Waals surface area contributed by atoms with Crippen LogP contribution in [0, 0.1) is 6.92 Å². The molecular weight excluding hydrogens is 214 g/mol. The third-order valence-corrected chi connectivity index (χ3v) is 3.03. The molecule has 0 aromatic carbocycles. The second kappa shape index (κ2) is 5.75. The second-order valence-corrected chi connectivity index (χ2v) is 4.50. The van der Waals surface area contributed by atoms with Gasteiger partial charge in [-0.3, -0.25) is 0 Å². The molecule has 0 spiro atoms. The number of thioether (sulfide) groups is 1. The van der Waals surface area contributed by atoms with Gasteiger partial charge in [-0.25, -0.2) is 9.48 Å². The minimum atomic E-state index is -1.01. The maximum Gasteiger partial charge on any atom is 0.358 e. The van der Waals surface area contributed by atoms with E-state index in [1.807, 2.05) is 11.8 Å². The van der Waals surface area contributed by atoms with Crippen molar-refractivity contribution in [3.8, 4) is 0 Å². The molecule has 1 N–H and O–H groups in total. The lowest BCUT2D eigenvalue weighted by molar-refractivity contribution is 0.0689. The number of carboxylic acid groups (broad SMARTS) is 1. The smallest absolute Gasteiger partial charge is 0.358 e. The van der Waals surface area contributed by atoms with E-state index in [1.165, 1.54) is 0 Å². The van der Waals surface area contributed by atoms with Crippen LogP contribution in [0.15, 0.2) is 0 Å². The molecule has 1 rings (SSSR count). The summed E-state index contributed by atoms with van der Waals surface area (Å²) in [6, 6.07) is 0. The highest BCUT2D eigenvalue weighted by atomic mass is 32.2. The van der Waals surface area contributed by atoms with Crippen molar-refractivity contribution >= 4 is 17.7 Å². The Morgan fingerprint density at radius 2 is 2.33 bits per heavy atom. The predicted molar refractivity (Wildman–Crippen MR) is 59.3 cm³/mol. The molecule has 0 bridgehead atoms. The zero-order valence-electron chi connectivity index (χ0n) is 8.93. The number of hydrogen-bond acceptors (Lipinski definition) is 4. The Morgan fingerprint density at radius 3 is 2.87 bits per heavy atom. The van der Waals surface area contributed by atoms with Crippen LogP contribution in [-0.4, -0.2) is 37.6 Å². The Labute approximate surface area is 92.9 Å². The van der Waals surface area contributed by atoms with Crippen LogP contribution in [0.3, 0.4) is 0 Å². The SMILES string of the molecule is CCSCCCn1nnc(C(=O)O)c1C. The van der Waals surface area contributed by atoms with Crippen molar-refractivity contribution in [2.45, 2.75) is 26.8 Å². The van der Waals surface area contributed by atoms with Gasteiger partial charge in [-0.2, -0.15) is 11.8 Å². The Hall–Kier alpha value is -1.04. The molecule has 0 radical (unpaired) electrons. The van der Waals surface area contributed by atoms with E-state index in [4.69, 9.17) is 5.11 Å². The van der Waals surface area contributed by atoms with Gasteiger partial charge in [0.1, 0.15) is 0 Å². The van der Waals surface area contributed by atoms with Crippen molar-refractivity contribution in [3.05, 3.63) is 11.4 Å². The Balaban J connectivity index is 2.51. The molecule has 0 aliphatic carbocycles. The quantitative estimate of drug-likeness (QED) is 0.747. The molecule has 6 heteroatoms. The van der Waals surface area contributed by atoms with Gasteiger partial charge >= 0.3 is 5.97 Å². The molecule has 0 atom stereocenters. The lowest BCUT2D eigenvalue weighted by Gasteiger charge is -2.02. The first kappa shape index (κ1) is 12.0. The largest absolute Gasteiger partial charge is 0.476 e. The van der Waals surface area contributed by atoms with Crippen molar-refractivity contribution < 1.29 is 9.90 Å². The van der Waals surface area contributed by atoms with E-state index in [2.05, 4.69) is 17.2 Å². The monoisotopic (exact) mass is 229 g/mol. The topological polar surface area (TPSA) is 68.0 Å². The molecule has 0 saturated heterocycles. The number of aromatic nitrogens is 3. The molecule has 0 aliphatic heterocycles. The molecule has 1 heterocycles. The maximum atomic E-state index is 10.7. The van der Waals surface area contributed by atoms with Gasteiger partial charge in [0.2, 0.25) is 0 Å². The van der Waals surface area contributed by atoms with Crippen molar-refractivity contribution in [3.63, 3.8) is 0 Å². The summed E-state index contributed by atoms with van der Waals surface area (Å²) in [4.78, 5) is 10.7. The summed E-state index contributed by atoms with van der Waals surface area (Å²) in [6.45, 7) is 4.59. The highest BCUT2D eigenvalue weighted by molar-refractivity contribution is 7.99. The van der Waals surface area contributed by atoms with Crippen molar-refractivity contribution in [2.24, 2.45) is 0 Å². The van der Waals surface area contributed by atoms with Crippen molar-refractivity contribution in [2.75, 3.05) is 11.5 Å². The van der Waals surface area contributed by atoms with E-state index in [0.29, 0.717) is 5.69 Å². The normalized spacial score (nSPS) is 10.5. The second-order valence-electron chi connectivity index (χ2n) is 3.10. The molecule has 1 aromatic heterocycles. The van der Waals surface area contributed by atoms with Crippen LogP contribution >= 0.6 is 11.8 Å². The van der Waals surface area contributed by atoms with Crippen LogP contribution in [0.1, 0.15) is 29.5 Å². The Bertz CT molecular complexity index is 338. The van der Waals surface area contributed by atoms with Crippen LogP contribution in [0.25, 0.3) is 0 Å². The summed E-state index contributed by atoms with van der Waals surface area (Å²) in [7, 11) is 0. The van der Waals surface area contributed by atoms with E-state index >= 15 is 0 Å². The molecular formula is C9H15N3O2S. The third kappa shape index (κ3) is 3.23. The Kier molecular flexibility index (Phi) is 4.61. The molecule has 1 aromatic rings. The van der Waals surface area contributed by atoms with Crippen molar-refractivity contribution in [1.82, 2.24) is 15.0 Å². The summed E-state index contributed by atoms with van der Waals surface area (Å²) in [5, 5.41) is 16.2. The van der Waals surface area contributed by atoms with Crippen LogP contribution < -0.4 is 0 Å². The standard InChI is InChI=1S/C9H15N3O2S/c1-3-15-6-4-5-12-7(2)8(9(13)14)10-11-12/h3-6H2,1-2H3,(H,13,14). The van der Waals surface area contributed by atoms with Gasteiger partial charge in [0.25, 0.3) is 0 Å². The zero-order valence-corrected chi connectivity index (χ0v) is 9.75. The number of carbonyl (C=O) groups is 1. The predicted octanol–water partition coefficient (Wildman–Crippen LogP) is 1.43. The van der Waals surface area contributed by atoms with E-state index in [9.17, 15) is 4.79 Å². The van der Waals surface area contributed by atoms with Gasteiger partial charge in [-0.05, 0) is 24.9 Å². The summed E-state index contributed by atoms with van der Waals surface area (Å²) >= 11 is 1.87. The number of carboxylic acids is 1. The third-order valence-electron chi connectivity index (χ3n) is 2.05. The molecule has 84 valence electrons. The van der Waals surface area contributed by atoms with Crippen LogP contribution in [-0.2, 0) is 6.54 Å². The average Bonchev–Trinajstić information content (AvgIpc) is 2.55. The number of nitrogens with zero attached hydrogens (tertiary/aromatic N) is 3. The summed E-state index contributed by atoms with van der Waals surface area (Å²) < 4.78 is 1.65. The number of aryl methyl sites for hydroxylation is 1.